The molecular formula is C16H26N2O. The predicted octanol–water partition coefficient (Wildman–Crippen LogP) is 2.58. The number of nitrogens with two attached hydrogens (primary N) is 1. The summed E-state index contributed by atoms with van der Waals surface area (Å²) in [6.45, 7) is 7.82. The van der Waals surface area contributed by atoms with Gasteiger partial charge in [-0.25, -0.2) is 0 Å². The molecule has 0 amide bonds. The Morgan fingerprint density at radius 1 is 1.42 bits per heavy atom. The van der Waals surface area contributed by atoms with Crippen molar-refractivity contribution < 1.29 is 4.74 Å². The summed E-state index contributed by atoms with van der Waals surface area (Å²) in [6, 6.07) is 8.95. The molecule has 3 nitrogen and oxygen atoms in total. The Kier molecular flexibility index (Phi) is 5.23. The molecule has 106 valence electrons. The van der Waals surface area contributed by atoms with E-state index in [9.17, 15) is 0 Å². The van der Waals surface area contributed by atoms with E-state index in [2.05, 4.69) is 43.0 Å². The van der Waals surface area contributed by atoms with E-state index >= 15 is 0 Å². The van der Waals surface area contributed by atoms with E-state index in [0.717, 1.165) is 26.2 Å². The lowest BCUT2D eigenvalue weighted by Gasteiger charge is -2.39. The number of rotatable bonds is 5. The molecule has 2 N–H and O–H groups in total. The number of para-hydroxylation sites is 1. The minimum Gasteiger partial charge on any atom is -0.381 e. The third kappa shape index (κ3) is 3.28. The van der Waals surface area contributed by atoms with Gasteiger partial charge in [-0.2, -0.15) is 0 Å². The fraction of sp³-hybridized carbons (Fsp3) is 0.625. The smallest absolute Gasteiger partial charge is 0.0514 e. The summed E-state index contributed by atoms with van der Waals surface area (Å²) in [5.74, 6) is 0.554. The number of hydrogen-bond donors (Lipinski definition) is 1. The molecule has 0 radical (unpaired) electrons. The Balaban J connectivity index is 2.20. The van der Waals surface area contributed by atoms with E-state index in [1.54, 1.807) is 0 Å². The van der Waals surface area contributed by atoms with Crippen molar-refractivity contribution in [3.8, 4) is 0 Å². The second-order valence-electron chi connectivity index (χ2n) is 5.35. The van der Waals surface area contributed by atoms with Gasteiger partial charge in [-0.05, 0) is 38.3 Å². The number of nitrogens with zero attached hydrogens (tertiary/aromatic N) is 1. The van der Waals surface area contributed by atoms with Crippen molar-refractivity contribution in [1.29, 1.82) is 0 Å². The fourth-order valence-electron chi connectivity index (χ4n) is 3.11. The van der Waals surface area contributed by atoms with Crippen molar-refractivity contribution in [2.45, 2.75) is 32.7 Å². The first-order valence-electron chi connectivity index (χ1n) is 7.38. The van der Waals surface area contributed by atoms with Gasteiger partial charge < -0.3 is 15.4 Å². The predicted molar refractivity (Wildman–Crippen MR) is 80.6 cm³/mol. The van der Waals surface area contributed by atoms with Gasteiger partial charge in [-0.15, -0.1) is 0 Å². The Labute approximate surface area is 116 Å². The Bertz CT molecular complexity index is 388. The van der Waals surface area contributed by atoms with Crippen LogP contribution in [0.5, 0.6) is 0 Å². The molecule has 1 aliphatic rings. The topological polar surface area (TPSA) is 38.5 Å². The quantitative estimate of drug-likeness (QED) is 0.886. The summed E-state index contributed by atoms with van der Waals surface area (Å²) >= 11 is 0. The second-order valence-corrected chi connectivity index (χ2v) is 5.35. The fourth-order valence-corrected chi connectivity index (χ4v) is 3.11. The molecule has 3 heteroatoms. The van der Waals surface area contributed by atoms with E-state index in [1.807, 2.05) is 0 Å². The molecule has 1 heterocycles. The maximum absolute atomic E-state index is 6.07. The average molecular weight is 262 g/mol. The second kappa shape index (κ2) is 6.92. The first-order valence-corrected chi connectivity index (χ1v) is 7.38. The van der Waals surface area contributed by atoms with Gasteiger partial charge in [0, 0.05) is 37.3 Å². The molecule has 0 spiro atoms. The van der Waals surface area contributed by atoms with Crippen LogP contribution < -0.4 is 10.6 Å². The molecule has 1 saturated heterocycles. The lowest BCUT2D eigenvalue weighted by Crippen LogP contribution is -2.48. The minimum atomic E-state index is 0.381. The number of aryl methyl sites for hydroxylation is 1. The maximum Gasteiger partial charge on any atom is 0.0514 e. The van der Waals surface area contributed by atoms with Gasteiger partial charge in [0.15, 0.2) is 0 Å². The van der Waals surface area contributed by atoms with Crippen molar-refractivity contribution in [2.75, 3.05) is 31.2 Å². The Hall–Kier alpha value is -1.06. The SMILES string of the molecule is CCN(c1ccccc1C)C(CN)C1CCCOC1. The molecule has 0 aliphatic carbocycles. The highest BCUT2D eigenvalue weighted by Crippen LogP contribution is 2.27. The number of benzene rings is 1. The Morgan fingerprint density at radius 3 is 2.79 bits per heavy atom. The first kappa shape index (κ1) is 14.4. The summed E-state index contributed by atoms with van der Waals surface area (Å²) in [7, 11) is 0. The first-order chi connectivity index (χ1) is 9.27. The van der Waals surface area contributed by atoms with Crippen molar-refractivity contribution in [2.24, 2.45) is 11.7 Å². The van der Waals surface area contributed by atoms with E-state index in [4.69, 9.17) is 10.5 Å². The largest absolute Gasteiger partial charge is 0.381 e. The van der Waals surface area contributed by atoms with Crippen LogP contribution in [0.25, 0.3) is 0 Å². The van der Waals surface area contributed by atoms with Gasteiger partial charge in [-0.1, -0.05) is 18.2 Å². The number of ether oxygens (including phenoxy) is 1. The summed E-state index contributed by atoms with van der Waals surface area (Å²) in [5, 5.41) is 0. The molecule has 1 aliphatic heterocycles. The van der Waals surface area contributed by atoms with E-state index in [1.165, 1.54) is 17.7 Å². The molecule has 1 aromatic carbocycles. The van der Waals surface area contributed by atoms with Gasteiger partial charge in [0.1, 0.15) is 0 Å². The summed E-state index contributed by atoms with van der Waals surface area (Å²) in [5.41, 5.74) is 8.70. The van der Waals surface area contributed by atoms with Gasteiger partial charge >= 0.3 is 0 Å². The van der Waals surface area contributed by atoms with Crippen LogP contribution in [0.3, 0.4) is 0 Å². The average Bonchev–Trinajstić information content (AvgIpc) is 2.46. The molecule has 19 heavy (non-hydrogen) atoms. The van der Waals surface area contributed by atoms with E-state index < -0.39 is 0 Å². The van der Waals surface area contributed by atoms with Crippen molar-refractivity contribution in [3.05, 3.63) is 29.8 Å². The summed E-state index contributed by atoms with van der Waals surface area (Å²) in [4.78, 5) is 2.45. The van der Waals surface area contributed by atoms with Gasteiger partial charge in [0.2, 0.25) is 0 Å². The van der Waals surface area contributed by atoms with Crippen molar-refractivity contribution >= 4 is 5.69 Å². The molecule has 2 atom stereocenters. The lowest BCUT2D eigenvalue weighted by molar-refractivity contribution is 0.0448. The lowest BCUT2D eigenvalue weighted by atomic mass is 9.91. The van der Waals surface area contributed by atoms with Crippen molar-refractivity contribution in [3.63, 3.8) is 0 Å². The van der Waals surface area contributed by atoms with Gasteiger partial charge in [0.05, 0.1) is 6.61 Å². The molecule has 0 bridgehead atoms. The third-order valence-corrected chi connectivity index (χ3v) is 4.15. The van der Waals surface area contributed by atoms with Crippen LogP contribution >= 0.6 is 0 Å². The molecule has 1 fully saturated rings. The summed E-state index contributed by atoms with van der Waals surface area (Å²) in [6.07, 6.45) is 2.39. The minimum absolute atomic E-state index is 0.381. The van der Waals surface area contributed by atoms with Gasteiger partial charge in [-0.3, -0.25) is 0 Å². The molecule has 1 aromatic rings. The van der Waals surface area contributed by atoms with Crippen LogP contribution in [0.2, 0.25) is 0 Å². The monoisotopic (exact) mass is 262 g/mol. The van der Waals surface area contributed by atoms with E-state index in [0.29, 0.717) is 18.5 Å². The Morgan fingerprint density at radius 2 is 2.21 bits per heavy atom. The van der Waals surface area contributed by atoms with Crippen LogP contribution in [0.4, 0.5) is 5.69 Å². The number of anilines is 1. The van der Waals surface area contributed by atoms with Crippen LogP contribution in [0.1, 0.15) is 25.3 Å². The maximum atomic E-state index is 6.07. The standard InChI is InChI=1S/C16H26N2O/c1-3-18(15-9-5-4-7-13(15)2)16(11-17)14-8-6-10-19-12-14/h4-5,7,9,14,16H,3,6,8,10-12,17H2,1-2H3. The number of likely N-dealkylation sites (N-methyl/N-ethyl adjacent to an activating group) is 1. The summed E-state index contributed by atoms with van der Waals surface area (Å²) < 4.78 is 5.64. The zero-order chi connectivity index (χ0) is 13.7. The highest BCUT2D eigenvalue weighted by Gasteiger charge is 2.28. The third-order valence-electron chi connectivity index (χ3n) is 4.15. The molecule has 2 unspecified atom stereocenters. The molecule has 2 rings (SSSR count). The highest BCUT2D eigenvalue weighted by atomic mass is 16.5. The zero-order valence-corrected chi connectivity index (χ0v) is 12.1. The van der Waals surface area contributed by atoms with Gasteiger partial charge in [0.25, 0.3) is 0 Å². The van der Waals surface area contributed by atoms with Crippen LogP contribution in [-0.2, 0) is 4.74 Å². The highest BCUT2D eigenvalue weighted by molar-refractivity contribution is 5.54. The normalized spacial score (nSPS) is 21.1. The number of hydrogen-bond acceptors (Lipinski definition) is 3. The van der Waals surface area contributed by atoms with E-state index in [-0.39, 0.29) is 0 Å². The van der Waals surface area contributed by atoms with Crippen molar-refractivity contribution in [1.82, 2.24) is 0 Å². The molecular weight excluding hydrogens is 236 g/mol. The van der Waals surface area contributed by atoms with Crippen LogP contribution in [0, 0.1) is 12.8 Å². The van der Waals surface area contributed by atoms with Crippen LogP contribution in [0.15, 0.2) is 24.3 Å². The molecule has 0 aromatic heterocycles. The van der Waals surface area contributed by atoms with Crippen LogP contribution in [-0.4, -0.2) is 32.3 Å². The molecule has 0 saturated carbocycles. The zero-order valence-electron chi connectivity index (χ0n) is 12.1.